The number of methoxy groups -OCH3 is 1. The second-order valence-corrected chi connectivity index (χ2v) is 7.19. The smallest absolute Gasteiger partial charge is 0.261 e. The molecule has 2 aromatic carbocycles. The topological polar surface area (TPSA) is 51.2 Å². The van der Waals surface area contributed by atoms with Crippen molar-refractivity contribution in [2.75, 3.05) is 7.11 Å². The van der Waals surface area contributed by atoms with Gasteiger partial charge < -0.3 is 10.1 Å². The van der Waals surface area contributed by atoms with E-state index >= 15 is 0 Å². The molecule has 0 aliphatic rings. The van der Waals surface area contributed by atoms with Gasteiger partial charge in [0.25, 0.3) is 5.91 Å². The van der Waals surface area contributed by atoms with Crippen LogP contribution in [0.25, 0.3) is 21.1 Å². The standard InChI is InChI=1S/C21H18N2O2S/c1-13(14-7-9-17(25-2)10-8-14)22-20(24)19-12-16-11-15-5-3-4-6-18(15)23-21(16)26-19/h3-13H,1-2H3,(H,22,24)/t13-/m0/s1. The number of carbonyl (C=O) groups excluding carboxylic acids is 1. The quantitative estimate of drug-likeness (QED) is 0.559. The molecule has 5 heteroatoms. The van der Waals surface area contributed by atoms with Crippen molar-refractivity contribution in [3.8, 4) is 5.75 Å². The normalized spacial score (nSPS) is 12.2. The molecule has 0 fully saturated rings. The molecule has 0 spiro atoms. The van der Waals surface area contributed by atoms with Crippen LogP contribution in [0.3, 0.4) is 0 Å². The van der Waals surface area contributed by atoms with E-state index in [1.807, 2.05) is 61.5 Å². The zero-order valence-electron chi connectivity index (χ0n) is 14.5. The molecule has 2 aromatic heterocycles. The molecule has 0 radical (unpaired) electrons. The number of ether oxygens (including phenoxy) is 1. The summed E-state index contributed by atoms with van der Waals surface area (Å²) >= 11 is 1.42. The van der Waals surface area contributed by atoms with Gasteiger partial charge in [0, 0.05) is 10.8 Å². The maximum Gasteiger partial charge on any atom is 0.261 e. The molecule has 0 unspecified atom stereocenters. The summed E-state index contributed by atoms with van der Waals surface area (Å²) in [6, 6.07) is 19.6. The number of amides is 1. The number of rotatable bonds is 4. The van der Waals surface area contributed by atoms with E-state index in [0.717, 1.165) is 32.4 Å². The highest BCUT2D eigenvalue weighted by Crippen LogP contribution is 2.28. The van der Waals surface area contributed by atoms with Crippen molar-refractivity contribution in [2.45, 2.75) is 13.0 Å². The number of carbonyl (C=O) groups is 1. The molecule has 0 bridgehead atoms. The highest BCUT2D eigenvalue weighted by molar-refractivity contribution is 7.20. The molecule has 4 nitrogen and oxygen atoms in total. The van der Waals surface area contributed by atoms with Crippen LogP contribution >= 0.6 is 11.3 Å². The second-order valence-electron chi connectivity index (χ2n) is 6.15. The number of nitrogens with one attached hydrogen (secondary N) is 1. The molecule has 0 saturated carbocycles. The van der Waals surface area contributed by atoms with Crippen LogP contribution in [-0.2, 0) is 0 Å². The fourth-order valence-electron chi connectivity index (χ4n) is 2.93. The zero-order valence-corrected chi connectivity index (χ0v) is 15.3. The number of aromatic nitrogens is 1. The molecular weight excluding hydrogens is 344 g/mol. The van der Waals surface area contributed by atoms with Crippen LogP contribution in [0.4, 0.5) is 0 Å². The summed E-state index contributed by atoms with van der Waals surface area (Å²) in [6.45, 7) is 1.97. The van der Waals surface area contributed by atoms with Gasteiger partial charge in [-0.3, -0.25) is 4.79 Å². The SMILES string of the molecule is COc1ccc([C@H](C)NC(=O)c2cc3cc4ccccc4nc3s2)cc1. The summed E-state index contributed by atoms with van der Waals surface area (Å²) in [4.78, 5) is 18.9. The van der Waals surface area contributed by atoms with Crippen LogP contribution in [0.2, 0.25) is 0 Å². The molecule has 2 heterocycles. The largest absolute Gasteiger partial charge is 0.497 e. The molecule has 26 heavy (non-hydrogen) atoms. The first-order chi connectivity index (χ1) is 12.6. The fourth-order valence-corrected chi connectivity index (χ4v) is 3.86. The average molecular weight is 362 g/mol. The number of pyridine rings is 1. The third kappa shape index (κ3) is 3.13. The number of para-hydroxylation sites is 1. The van der Waals surface area contributed by atoms with E-state index in [4.69, 9.17) is 4.74 Å². The first-order valence-corrected chi connectivity index (χ1v) is 9.20. The fraction of sp³-hybridized carbons (Fsp3) is 0.143. The lowest BCUT2D eigenvalue weighted by molar-refractivity contribution is 0.0944. The lowest BCUT2D eigenvalue weighted by atomic mass is 10.1. The van der Waals surface area contributed by atoms with Gasteiger partial charge in [0.1, 0.15) is 10.6 Å². The number of fused-ring (bicyclic) bond motifs is 2. The van der Waals surface area contributed by atoms with Gasteiger partial charge in [-0.2, -0.15) is 0 Å². The Labute approximate surface area is 155 Å². The Morgan fingerprint density at radius 3 is 2.62 bits per heavy atom. The second kappa shape index (κ2) is 6.77. The monoisotopic (exact) mass is 362 g/mol. The van der Waals surface area contributed by atoms with Crippen LogP contribution in [0.5, 0.6) is 5.75 Å². The lowest BCUT2D eigenvalue weighted by Crippen LogP contribution is -2.25. The van der Waals surface area contributed by atoms with Crippen molar-refractivity contribution < 1.29 is 9.53 Å². The predicted octanol–water partition coefficient (Wildman–Crippen LogP) is 4.95. The summed E-state index contributed by atoms with van der Waals surface area (Å²) in [7, 11) is 1.64. The number of nitrogens with zero attached hydrogens (tertiary/aromatic N) is 1. The van der Waals surface area contributed by atoms with Crippen molar-refractivity contribution in [3.05, 3.63) is 71.1 Å². The van der Waals surface area contributed by atoms with Crippen molar-refractivity contribution in [1.82, 2.24) is 10.3 Å². The van der Waals surface area contributed by atoms with E-state index in [0.29, 0.717) is 4.88 Å². The minimum Gasteiger partial charge on any atom is -0.497 e. The predicted molar refractivity (Wildman–Crippen MR) is 106 cm³/mol. The highest BCUT2D eigenvalue weighted by Gasteiger charge is 2.15. The Kier molecular flexibility index (Phi) is 4.31. The average Bonchev–Trinajstić information content (AvgIpc) is 3.09. The summed E-state index contributed by atoms with van der Waals surface area (Å²) in [6.07, 6.45) is 0. The molecule has 4 rings (SSSR count). The first-order valence-electron chi connectivity index (χ1n) is 8.38. The van der Waals surface area contributed by atoms with E-state index in [1.165, 1.54) is 11.3 Å². The van der Waals surface area contributed by atoms with E-state index in [-0.39, 0.29) is 11.9 Å². The zero-order chi connectivity index (χ0) is 18.1. The van der Waals surface area contributed by atoms with E-state index < -0.39 is 0 Å². The van der Waals surface area contributed by atoms with Crippen LogP contribution in [0.15, 0.2) is 60.7 Å². The minimum absolute atomic E-state index is 0.0830. The molecule has 130 valence electrons. The van der Waals surface area contributed by atoms with Gasteiger partial charge >= 0.3 is 0 Å². The summed E-state index contributed by atoms with van der Waals surface area (Å²) in [5, 5.41) is 5.13. The molecule has 1 amide bonds. The maximum atomic E-state index is 12.7. The van der Waals surface area contributed by atoms with Crippen molar-refractivity contribution in [2.24, 2.45) is 0 Å². The first kappa shape index (κ1) is 16.5. The van der Waals surface area contributed by atoms with Gasteiger partial charge in [0.15, 0.2) is 0 Å². The molecular formula is C21H18N2O2S. The van der Waals surface area contributed by atoms with Crippen molar-refractivity contribution >= 4 is 38.4 Å². The minimum atomic E-state index is -0.0920. The van der Waals surface area contributed by atoms with E-state index in [9.17, 15) is 4.79 Å². The third-order valence-corrected chi connectivity index (χ3v) is 5.44. The molecule has 0 aliphatic heterocycles. The Morgan fingerprint density at radius 1 is 1.08 bits per heavy atom. The molecule has 0 saturated heterocycles. The van der Waals surface area contributed by atoms with Crippen LogP contribution in [0.1, 0.15) is 28.2 Å². The van der Waals surface area contributed by atoms with E-state index in [2.05, 4.69) is 16.4 Å². The van der Waals surface area contributed by atoms with E-state index in [1.54, 1.807) is 7.11 Å². The van der Waals surface area contributed by atoms with Gasteiger partial charge in [0.05, 0.1) is 23.5 Å². The van der Waals surface area contributed by atoms with Crippen LogP contribution < -0.4 is 10.1 Å². The molecule has 1 atom stereocenters. The number of benzene rings is 2. The van der Waals surface area contributed by atoms with Gasteiger partial charge in [-0.05, 0) is 42.8 Å². The highest BCUT2D eigenvalue weighted by atomic mass is 32.1. The van der Waals surface area contributed by atoms with Crippen LogP contribution in [-0.4, -0.2) is 18.0 Å². The molecule has 4 aromatic rings. The molecule has 0 aliphatic carbocycles. The Bertz CT molecular complexity index is 1030. The lowest BCUT2D eigenvalue weighted by Gasteiger charge is -2.14. The maximum absolute atomic E-state index is 12.7. The summed E-state index contributed by atoms with van der Waals surface area (Å²) in [5.41, 5.74) is 1.98. The summed E-state index contributed by atoms with van der Waals surface area (Å²) < 4.78 is 5.17. The number of hydrogen-bond donors (Lipinski definition) is 1. The van der Waals surface area contributed by atoms with Gasteiger partial charge in [0.2, 0.25) is 0 Å². The van der Waals surface area contributed by atoms with Crippen molar-refractivity contribution in [1.29, 1.82) is 0 Å². The van der Waals surface area contributed by atoms with Crippen LogP contribution in [0, 0.1) is 0 Å². The van der Waals surface area contributed by atoms with Gasteiger partial charge in [-0.1, -0.05) is 30.3 Å². The number of thiophene rings is 1. The Hall–Kier alpha value is -2.92. The Morgan fingerprint density at radius 2 is 1.85 bits per heavy atom. The number of hydrogen-bond acceptors (Lipinski definition) is 4. The van der Waals surface area contributed by atoms with Gasteiger partial charge in [-0.15, -0.1) is 11.3 Å². The molecule has 1 N–H and O–H groups in total. The Balaban J connectivity index is 1.57. The third-order valence-electron chi connectivity index (χ3n) is 4.40. The van der Waals surface area contributed by atoms with Crippen molar-refractivity contribution in [3.63, 3.8) is 0 Å². The summed E-state index contributed by atoms with van der Waals surface area (Å²) in [5.74, 6) is 0.718. The van der Waals surface area contributed by atoms with Gasteiger partial charge in [-0.25, -0.2) is 4.98 Å².